The summed E-state index contributed by atoms with van der Waals surface area (Å²) in [5.74, 6) is -1.53. The van der Waals surface area contributed by atoms with Crippen LogP contribution >= 0.6 is 23.2 Å². The molecular weight excluding hydrogens is 378 g/mol. The third kappa shape index (κ3) is 4.08. The molecule has 1 unspecified atom stereocenters. The maximum atomic E-state index is 12.3. The van der Waals surface area contributed by atoms with Crippen molar-refractivity contribution in [3.8, 4) is 23.6 Å². The lowest BCUT2D eigenvalue weighted by Crippen LogP contribution is -2.17. The smallest absolute Gasteiger partial charge is 0.406 e. The van der Waals surface area contributed by atoms with E-state index in [4.69, 9.17) is 28.5 Å². The first-order valence-corrected chi connectivity index (χ1v) is 7.34. The molecule has 0 aliphatic heterocycles. The van der Waals surface area contributed by atoms with E-state index >= 15 is 0 Å². The highest BCUT2D eigenvalue weighted by atomic mass is 35.5. The summed E-state index contributed by atoms with van der Waals surface area (Å²) in [5, 5.41) is 18.0. The summed E-state index contributed by atoms with van der Waals surface area (Å²) in [6.45, 7) is 3.53. The van der Waals surface area contributed by atoms with Gasteiger partial charge in [-0.3, -0.25) is 0 Å². The molecule has 4 nitrogen and oxygen atoms in total. The topological polar surface area (TPSA) is 61.7 Å². The lowest BCUT2D eigenvalue weighted by atomic mass is 9.99. The number of aromatic nitrogens is 1. The third-order valence-corrected chi connectivity index (χ3v) is 3.74. The molecule has 2 aromatic rings. The molecule has 1 atom stereocenters. The normalized spacial score (nSPS) is 12.1. The molecule has 1 aromatic heterocycles. The van der Waals surface area contributed by atoms with Crippen LogP contribution < -0.4 is 4.74 Å². The van der Waals surface area contributed by atoms with E-state index in [0.29, 0.717) is 5.69 Å². The van der Waals surface area contributed by atoms with Gasteiger partial charge in [0.25, 0.3) is 0 Å². The molecule has 0 radical (unpaired) electrons. The van der Waals surface area contributed by atoms with Crippen molar-refractivity contribution in [1.82, 2.24) is 4.57 Å². The third-order valence-electron chi connectivity index (χ3n) is 3.16. The number of nitrogens with zero attached hydrogens (tertiary/aromatic N) is 3. The summed E-state index contributed by atoms with van der Waals surface area (Å²) in [6, 6.07) is 8.81. The summed E-state index contributed by atoms with van der Waals surface area (Å²) in [6.07, 6.45) is -3.37. The van der Waals surface area contributed by atoms with Crippen LogP contribution in [0.4, 0.5) is 13.2 Å². The fraction of sp³-hybridized carbons (Fsp3) is 0.125. The van der Waals surface area contributed by atoms with Crippen LogP contribution in [0.1, 0.15) is 11.6 Å². The first kappa shape index (κ1) is 18.7. The monoisotopic (exact) mass is 385 g/mol. The zero-order valence-corrected chi connectivity index (χ0v) is 13.8. The van der Waals surface area contributed by atoms with Crippen molar-refractivity contribution in [3.05, 3.63) is 58.4 Å². The zero-order valence-electron chi connectivity index (χ0n) is 12.3. The van der Waals surface area contributed by atoms with Gasteiger partial charge in [0.15, 0.2) is 0 Å². The molecule has 0 aliphatic rings. The summed E-state index contributed by atoms with van der Waals surface area (Å²) in [4.78, 5) is 0. The van der Waals surface area contributed by atoms with Crippen LogP contribution in [0.5, 0.6) is 5.75 Å². The molecule has 0 aliphatic carbocycles. The standard InChI is InChI=1S/C16H8Cl2F3N3O/c1-9(7-22)11(8-23)14-3-2-4-24(14)15-12(17)5-10(6-13(15)18)25-16(19,20)21/h2-6,11H,1H2. The predicted molar refractivity (Wildman–Crippen MR) is 85.6 cm³/mol. The first-order chi connectivity index (χ1) is 11.7. The number of ether oxygens (including phenoxy) is 1. The van der Waals surface area contributed by atoms with Gasteiger partial charge in [0.05, 0.1) is 27.9 Å². The molecule has 0 saturated heterocycles. The van der Waals surface area contributed by atoms with E-state index in [1.165, 1.54) is 10.8 Å². The first-order valence-electron chi connectivity index (χ1n) is 6.59. The second-order valence-corrected chi connectivity index (χ2v) is 5.60. The lowest BCUT2D eigenvalue weighted by molar-refractivity contribution is -0.274. The number of hydrogen-bond donors (Lipinski definition) is 0. The van der Waals surface area contributed by atoms with Crippen LogP contribution in [-0.4, -0.2) is 10.9 Å². The van der Waals surface area contributed by atoms with Gasteiger partial charge in [-0.05, 0) is 12.1 Å². The van der Waals surface area contributed by atoms with Crippen molar-refractivity contribution in [2.24, 2.45) is 0 Å². The molecule has 128 valence electrons. The van der Waals surface area contributed by atoms with E-state index in [0.717, 1.165) is 12.1 Å². The molecule has 1 heterocycles. The Morgan fingerprint density at radius 1 is 1.24 bits per heavy atom. The largest absolute Gasteiger partial charge is 0.573 e. The molecule has 0 amide bonds. The number of hydrogen-bond acceptors (Lipinski definition) is 3. The van der Waals surface area contributed by atoms with Crippen LogP contribution in [0.15, 0.2) is 42.6 Å². The molecule has 25 heavy (non-hydrogen) atoms. The summed E-state index contributed by atoms with van der Waals surface area (Å²) in [7, 11) is 0. The number of allylic oxidation sites excluding steroid dienone is 1. The average Bonchev–Trinajstić information content (AvgIpc) is 2.94. The van der Waals surface area contributed by atoms with Gasteiger partial charge in [0, 0.05) is 29.6 Å². The van der Waals surface area contributed by atoms with Crippen molar-refractivity contribution >= 4 is 23.2 Å². The molecule has 9 heteroatoms. The second-order valence-electron chi connectivity index (χ2n) is 4.79. The minimum absolute atomic E-state index is 0.00622. The fourth-order valence-electron chi connectivity index (χ4n) is 2.19. The van der Waals surface area contributed by atoms with Gasteiger partial charge in [0.1, 0.15) is 11.7 Å². The van der Waals surface area contributed by atoms with Gasteiger partial charge in [-0.15, -0.1) is 13.2 Å². The van der Waals surface area contributed by atoms with Crippen LogP contribution in [0.2, 0.25) is 10.0 Å². The van der Waals surface area contributed by atoms with E-state index in [1.54, 1.807) is 18.2 Å². The van der Waals surface area contributed by atoms with E-state index in [9.17, 15) is 18.4 Å². The maximum absolute atomic E-state index is 12.3. The Labute approximate surface area is 150 Å². The van der Waals surface area contributed by atoms with Gasteiger partial charge in [-0.1, -0.05) is 29.8 Å². The molecule has 0 N–H and O–H groups in total. The molecule has 0 saturated carbocycles. The SMILES string of the molecule is C=C(C#N)C(C#N)c1cccn1-c1c(Cl)cc(OC(F)(F)F)cc1Cl. The molecule has 1 aromatic carbocycles. The van der Waals surface area contributed by atoms with Gasteiger partial charge in [0.2, 0.25) is 0 Å². The van der Waals surface area contributed by atoms with Crippen molar-refractivity contribution in [1.29, 1.82) is 10.5 Å². The Hall–Kier alpha value is -2.61. The predicted octanol–water partition coefficient (Wildman–Crippen LogP) is 5.37. The Balaban J connectivity index is 2.55. The van der Waals surface area contributed by atoms with E-state index in [2.05, 4.69) is 11.3 Å². The minimum Gasteiger partial charge on any atom is -0.406 e. The Bertz CT molecular complexity index is 884. The Morgan fingerprint density at radius 3 is 2.32 bits per heavy atom. The summed E-state index contributed by atoms with van der Waals surface area (Å²) in [5.41, 5.74) is 0.512. The lowest BCUT2D eigenvalue weighted by Gasteiger charge is -2.17. The van der Waals surface area contributed by atoms with Gasteiger partial charge in [-0.2, -0.15) is 10.5 Å². The molecule has 2 rings (SSSR count). The van der Waals surface area contributed by atoms with E-state index < -0.39 is 18.0 Å². The molecule has 0 spiro atoms. The van der Waals surface area contributed by atoms with Crippen LogP contribution in [0, 0.1) is 22.7 Å². The highest BCUT2D eigenvalue weighted by Gasteiger charge is 2.32. The minimum atomic E-state index is -4.89. The van der Waals surface area contributed by atoms with E-state index in [-0.39, 0.29) is 21.3 Å². The second kappa shape index (κ2) is 7.10. The fourth-order valence-corrected chi connectivity index (χ4v) is 2.83. The maximum Gasteiger partial charge on any atom is 0.573 e. The van der Waals surface area contributed by atoms with E-state index in [1.807, 2.05) is 6.07 Å². The van der Waals surface area contributed by atoms with Crippen LogP contribution in [0.3, 0.4) is 0 Å². The van der Waals surface area contributed by atoms with Gasteiger partial charge < -0.3 is 9.30 Å². The summed E-state index contributed by atoms with van der Waals surface area (Å²) >= 11 is 12.1. The van der Waals surface area contributed by atoms with Gasteiger partial charge in [-0.25, -0.2) is 0 Å². The Kier molecular flexibility index (Phi) is 5.32. The molecular formula is C16H8Cl2F3N3O. The zero-order chi connectivity index (χ0) is 18.8. The van der Waals surface area contributed by atoms with Crippen molar-refractivity contribution in [2.75, 3.05) is 0 Å². The molecule has 0 fully saturated rings. The number of alkyl halides is 3. The van der Waals surface area contributed by atoms with Gasteiger partial charge >= 0.3 is 6.36 Å². The van der Waals surface area contributed by atoms with Crippen molar-refractivity contribution < 1.29 is 17.9 Å². The van der Waals surface area contributed by atoms with Crippen molar-refractivity contribution in [3.63, 3.8) is 0 Å². The number of benzene rings is 1. The van der Waals surface area contributed by atoms with Crippen LogP contribution in [-0.2, 0) is 0 Å². The highest BCUT2D eigenvalue weighted by Crippen LogP contribution is 2.37. The van der Waals surface area contributed by atoms with Crippen LogP contribution in [0.25, 0.3) is 5.69 Å². The highest BCUT2D eigenvalue weighted by molar-refractivity contribution is 6.38. The quantitative estimate of drug-likeness (QED) is 0.664. The summed E-state index contributed by atoms with van der Waals surface area (Å²) < 4.78 is 42.2. The number of rotatable bonds is 4. The van der Waals surface area contributed by atoms with Crippen molar-refractivity contribution in [2.45, 2.75) is 12.3 Å². The average molecular weight is 386 g/mol. The Morgan fingerprint density at radius 2 is 1.84 bits per heavy atom. The number of nitriles is 2. The molecule has 0 bridgehead atoms. The number of halogens is 5.